The molecule has 0 fully saturated rings. The number of benzene rings is 1. The van der Waals surface area contributed by atoms with Crippen LogP contribution >= 0.6 is 15.9 Å². The summed E-state index contributed by atoms with van der Waals surface area (Å²) >= 11 is 3.36. The van der Waals surface area contributed by atoms with Gasteiger partial charge in [-0.15, -0.1) is 6.42 Å². The maximum atomic E-state index is 11.9. The highest BCUT2D eigenvalue weighted by Crippen LogP contribution is 2.28. The van der Waals surface area contributed by atoms with Gasteiger partial charge >= 0.3 is 0 Å². The lowest BCUT2D eigenvalue weighted by molar-refractivity contribution is -0.126. The summed E-state index contributed by atoms with van der Waals surface area (Å²) in [5.41, 5.74) is 1.91. The lowest BCUT2D eigenvalue weighted by Gasteiger charge is -2.27. The fourth-order valence-corrected chi connectivity index (χ4v) is 2.43. The number of alkyl halides is 1. The molecule has 0 saturated heterocycles. The van der Waals surface area contributed by atoms with Crippen molar-refractivity contribution in [2.45, 2.75) is 11.2 Å². The lowest BCUT2D eigenvalue weighted by atomic mass is 10.0. The largest absolute Gasteiger partial charge is 0.481 e. The van der Waals surface area contributed by atoms with E-state index in [1.165, 1.54) is 0 Å². The van der Waals surface area contributed by atoms with Crippen LogP contribution in [0.5, 0.6) is 5.75 Å². The van der Waals surface area contributed by atoms with Crippen molar-refractivity contribution in [3.63, 3.8) is 0 Å². The summed E-state index contributed by atoms with van der Waals surface area (Å²) in [6.07, 6.45) is 7.89. The number of nitrogens with zero attached hydrogens (tertiary/aromatic N) is 1. The maximum absolute atomic E-state index is 11.9. The van der Waals surface area contributed by atoms with Gasteiger partial charge in [0.15, 0.2) is 0 Å². The zero-order valence-corrected chi connectivity index (χ0v) is 12.2. The molecule has 0 aromatic heterocycles. The number of carbonyl (C=O) groups excluding carboxylic acids is 1. The van der Waals surface area contributed by atoms with Crippen molar-refractivity contribution in [2.75, 3.05) is 13.7 Å². The molecule has 1 aliphatic rings. The number of terminal acetylenes is 1. The Kier molecular flexibility index (Phi) is 4.28. The van der Waals surface area contributed by atoms with Crippen LogP contribution in [0.1, 0.15) is 12.0 Å². The summed E-state index contributed by atoms with van der Waals surface area (Å²) in [6, 6.07) is 7.56. The van der Waals surface area contributed by atoms with Gasteiger partial charge in [0.2, 0.25) is 5.91 Å². The Morgan fingerprint density at radius 1 is 1.47 bits per heavy atom. The Balaban J connectivity index is 2.19. The van der Waals surface area contributed by atoms with Crippen LogP contribution in [0.4, 0.5) is 0 Å². The molecule has 19 heavy (non-hydrogen) atoms. The summed E-state index contributed by atoms with van der Waals surface area (Å²) in [5, 5.41) is 0. The smallest absolute Gasteiger partial charge is 0.240 e. The molecule has 2 rings (SSSR count). The first-order valence-electron chi connectivity index (χ1n) is 5.92. The van der Waals surface area contributed by atoms with Crippen molar-refractivity contribution in [1.29, 1.82) is 0 Å². The van der Waals surface area contributed by atoms with Gasteiger partial charge in [0.05, 0.1) is 4.83 Å². The summed E-state index contributed by atoms with van der Waals surface area (Å²) in [7, 11) is 1.78. The number of hydrogen-bond acceptors (Lipinski definition) is 2. The third kappa shape index (κ3) is 2.99. The van der Waals surface area contributed by atoms with Gasteiger partial charge in [0, 0.05) is 12.7 Å². The molecule has 1 heterocycles. The fourth-order valence-electron chi connectivity index (χ4n) is 1.94. The van der Waals surface area contributed by atoms with E-state index in [2.05, 4.69) is 27.9 Å². The van der Waals surface area contributed by atoms with E-state index in [0.29, 0.717) is 6.42 Å². The highest BCUT2D eigenvalue weighted by atomic mass is 79.9. The predicted molar refractivity (Wildman–Crippen MR) is 78.8 cm³/mol. The van der Waals surface area contributed by atoms with Gasteiger partial charge in [-0.1, -0.05) is 27.9 Å². The summed E-state index contributed by atoms with van der Waals surface area (Å²) in [4.78, 5) is 13.4. The quantitative estimate of drug-likeness (QED) is 0.633. The van der Waals surface area contributed by atoms with E-state index in [1.54, 1.807) is 11.9 Å². The first kappa shape index (κ1) is 13.7. The van der Waals surface area contributed by atoms with Crippen LogP contribution in [0.15, 0.2) is 30.3 Å². The molecule has 98 valence electrons. The van der Waals surface area contributed by atoms with E-state index in [1.807, 2.05) is 24.3 Å². The third-order valence-corrected chi connectivity index (χ3v) is 3.72. The zero-order valence-electron chi connectivity index (χ0n) is 10.6. The Morgan fingerprint density at radius 3 is 2.79 bits per heavy atom. The minimum Gasteiger partial charge on any atom is -0.481 e. The minimum absolute atomic E-state index is 0.0742. The number of hydrogen-bond donors (Lipinski definition) is 0. The summed E-state index contributed by atoms with van der Waals surface area (Å²) in [6.45, 7) is 0.256. The van der Waals surface area contributed by atoms with Gasteiger partial charge in [-0.3, -0.25) is 4.79 Å². The van der Waals surface area contributed by atoms with E-state index in [9.17, 15) is 4.79 Å². The highest BCUT2D eigenvalue weighted by Gasteiger charge is 2.26. The van der Waals surface area contributed by atoms with E-state index in [0.717, 1.165) is 17.0 Å². The molecule has 0 bridgehead atoms. The van der Waals surface area contributed by atoms with Crippen LogP contribution in [0.3, 0.4) is 0 Å². The minimum atomic E-state index is -0.125. The van der Waals surface area contributed by atoms with Gasteiger partial charge in [0.1, 0.15) is 12.4 Å². The Bertz CT molecular complexity index is 542. The molecule has 0 N–H and O–H groups in total. The number of amides is 1. The Hall–Kier alpha value is -1.73. The van der Waals surface area contributed by atoms with Crippen molar-refractivity contribution in [1.82, 2.24) is 4.90 Å². The molecule has 0 aliphatic carbocycles. The second-order valence-electron chi connectivity index (χ2n) is 4.21. The van der Waals surface area contributed by atoms with Gasteiger partial charge < -0.3 is 9.64 Å². The van der Waals surface area contributed by atoms with E-state index >= 15 is 0 Å². The second-order valence-corrected chi connectivity index (χ2v) is 5.31. The third-order valence-electron chi connectivity index (χ3n) is 2.95. The maximum Gasteiger partial charge on any atom is 0.240 e. The molecule has 1 aliphatic heterocycles. The van der Waals surface area contributed by atoms with Crippen molar-refractivity contribution in [3.8, 4) is 18.1 Å². The normalized spacial score (nSPS) is 18.8. The number of ether oxygens (including phenoxy) is 1. The predicted octanol–water partition coefficient (Wildman–Crippen LogP) is 2.67. The summed E-state index contributed by atoms with van der Waals surface area (Å²) < 4.78 is 5.32. The molecule has 1 aromatic rings. The molecule has 1 amide bonds. The van der Waals surface area contributed by atoms with Crippen LogP contribution in [0, 0.1) is 12.3 Å². The second kappa shape index (κ2) is 5.94. The number of rotatable bonds is 3. The van der Waals surface area contributed by atoms with Crippen LogP contribution in [0.25, 0.3) is 5.70 Å². The molecule has 1 atom stereocenters. The number of carbonyl (C=O) groups is 1. The van der Waals surface area contributed by atoms with Gasteiger partial charge in [-0.2, -0.15) is 0 Å². The highest BCUT2D eigenvalue weighted by molar-refractivity contribution is 9.10. The molecule has 0 saturated carbocycles. The van der Waals surface area contributed by atoms with Crippen molar-refractivity contribution in [3.05, 3.63) is 35.9 Å². The van der Waals surface area contributed by atoms with E-state index in [-0.39, 0.29) is 17.3 Å². The molecule has 0 spiro atoms. The molecule has 1 unspecified atom stereocenters. The average Bonchev–Trinajstić information content (AvgIpc) is 2.44. The molecular formula is C15H14BrNO2. The topological polar surface area (TPSA) is 29.5 Å². The van der Waals surface area contributed by atoms with E-state index in [4.69, 9.17) is 11.2 Å². The van der Waals surface area contributed by atoms with Crippen LogP contribution in [-0.2, 0) is 4.79 Å². The summed E-state index contributed by atoms with van der Waals surface area (Å²) in [5.74, 6) is 3.22. The molecular weight excluding hydrogens is 306 g/mol. The van der Waals surface area contributed by atoms with Crippen LogP contribution in [-0.4, -0.2) is 29.3 Å². The molecule has 1 aromatic carbocycles. The van der Waals surface area contributed by atoms with Crippen molar-refractivity contribution >= 4 is 27.5 Å². The number of halogens is 1. The van der Waals surface area contributed by atoms with Crippen LogP contribution in [0.2, 0.25) is 0 Å². The average molecular weight is 320 g/mol. The van der Waals surface area contributed by atoms with Gasteiger partial charge in [-0.25, -0.2) is 0 Å². The Labute approximate surface area is 121 Å². The van der Waals surface area contributed by atoms with Crippen molar-refractivity contribution < 1.29 is 9.53 Å². The van der Waals surface area contributed by atoms with Crippen LogP contribution < -0.4 is 4.74 Å². The fraction of sp³-hybridized carbons (Fsp3) is 0.267. The van der Waals surface area contributed by atoms with E-state index < -0.39 is 0 Å². The number of allylic oxidation sites excluding steroid dienone is 1. The first-order chi connectivity index (χ1) is 9.13. The molecule has 0 radical (unpaired) electrons. The monoisotopic (exact) mass is 319 g/mol. The zero-order chi connectivity index (χ0) is 13.8. The lowest BCUT2D eigenvalue weighted by Crippen LogP contribution is -2.35. The first-order valence-corrected chi connectivity index (χ1v) is 6.83. The van der Waals surface area contributed by atoms with Gasteiger partial charge in [-0.05, 0) is 36.2 Å². The SMILES string of the molecule is C#CCOc1ccc(C2=CCC(Br)C(=O)N2C)cc1. The van der Waals surface area contributed by atoms with Crippen molar-refractivity contribution in [2.24, 2.45) is 0 Å². The molecule has 3 nitrogen and oxygen atoms in total. The Morgan fingerprint density at radius 2 is 2.16 bits per heavy atom. The molecule has 4 heteroatoms. The van der Waals surface area contributed by atoms with Gasteiger partial charge in [0.25, 0.3) is 0 Å². The standard InChI is InChI=1S/C15H14BrNO2/c1-3-10-19-12-6-4-11(5-7-12)14-9-8-13(16)15(18)17(14)2/h1,4-7,9,13H,8,10H2,2H3.